The lowest BCUT2D eigenvalue weighted by Crippen LogP contribution is -1.97. The number of nitrogens with zero attached hydrogens (tertiary/aromatic N) is 4. The standard InChI is InChI=1S/C12H11N5O2S/c18-17(19)10-3-1-2-8(6-10)7-13-16-11(9-4-5-9)14-15-12(16)20/h1-3,6-7,9H,4-5H2,(H,15,20)/b13-7-. The minimum absolute atomic E-state index is 0.0344. The summed E-state index contributed by atoms with van der Waals surface area (Å²) in [6, 6.07) is 6.27. The lowest BCUT2D eigenvalue weighted by atomic mass is 10.2. The van der Waals surface area contributed by atoms with E-state index >= 15 is 0 Å². The molecule has 0 aliphatic heterocycles. The Morgan fingerprint density at radius 2 is 2.35 bits per heavy atom. The molecule has 0 spiro atoms. The smallest absolute Gasteiger partial charge is 0.258 e. The molecule has 3 rings (SSSR count). The molecule has 20 heavy (non-hydrogen) atoms. The van der Waals surface area contributed by atoms with Crippen LogP contribution in [0.4, 0.5) is 5.69 Å². The normalized spacial score (nSPS) is 14.8. The van der Waals surface area contributed by atoms with E-state index in [-0.39, 0.29) is 5.69 Å². The first kappa shape index (κ1) is 12.7. The van der Waals surface area contributed by atoms with Crippen LogP contribution in [0.2, 0.25) is 0 Å². The first-order valence-electron chi connectivity index (χ1n) is 6.11. The third kappa shape index (κ3) is 2.50. The number of benzene rings is 1. The molecule has 1 fully saturated rings. The number of hydrogen-bond acceptors (Lipinski definition) is 5. The molecule has 102 valence electrons. The van der Waals surface area contributed by atoms with Crippen LogP contribution in [0, 0.1) is 14.9 Å². The summed E-state index contributed by atoms with van der Waals surface area (Å²) in [5.41, 5.74) is 0.677. The van der Waals surface area contributed by atoms with Gasteiger partial charge in [-0.3, -0.25) is 15.2 Å². The molecule has 1 saturated carbocycles. The molecular formula is C12H11N5O2S. The number of non-ortho nitro benzene ring substituents is 1. The number of hydrogen-bond donors (Lipinski definition) is 1. The summed E-state index contributed by atoms with van der Waals surface area (Å²) in [6.07, 6.45) is 3.72. The summed E-state index contributed by atoms with van der Waals surface area (Å²) in [5.74, 6) is 1.22. The van der Waals surface area contributed by atoms with Gasteiger partial charge in [0, 0.05) is 23.6 Å². The van der Waals surface area contributed by atoms with Crippen LogP contribution in [-0.2, 0) is 0 Å². The summed E-state index contributed by atoms with van der Waals surface area (Å²) < 4.78 is 2.00. The Labute approximate surface area is 119 Å². The minimum Gasteiger partial charge on any atom is -0.258 e. The molecule has 7 nitrogen and oxygen atoms in total. The fraction of sp³-hybridized carbons (Fsp3) is 0.250. The van der Waals surface area contributed by atoms with Crippen molar-refractivity contribution >= 4 is 24.1 Å². The lowest BCUT2D eigenvalue weighted by molar-refractivity contribution is -0.384. The SMILES string of the molecule is O=[N+]([O-])c1cccc(/C=N\n2c(C3CC3)n[nH]c2=S)c1. The van der Waals surface area contributed by atoms with Crippen molar-refractivity contribution in [3.8, 4) is 0 Å². The van der Waals surface area contributed by atoms with Crippen LogP contribution in [0.15, 0.2) is 29.4 Å². The van der Waals surface area contributed by atoms with Gasteiger partial charge in [0.1, 0.15) is 0 Å². The van der Waals surface area contributed by atoms with Gasteiger partial charge >= 0.3 is 0 Å². The lowest BCUT2D eigenvalue weighted by Gasteiger charge is -1.98. The third-order valence-electron chi connectivity index (χ3n) is 3.02. The number of nitrogens with one attached hydrogen (secondary N) is 1. The van der Waals surface area contributed by atoms with E-state index < -0.39 is 4.92 Å². The molecule has 1 N–H and O–H groups in total. The van der Waals surface area contributed by atoms with Gasteiger partial charge in [-0.15, -0.1) is 0 Å². The Morgan fingerprint density at radius 3 is 3.05 bits per heavy atom. The molecule has 1 aromatic heterocycles. The number of nitro groups is 1. The molecule has 0 bridgehead atoms. The van der Waals surface area contributed by atoms with Crippen molar-refractivity contribution in [2.45, 2.75) is 18.8 Å². The van der Waals surface area contributed by atoms with E-state index in [1.165, 1.54) is 12.1 Å². The molecule has 0 saturated heterocycles. The van der Waals surface area contributed by atoms with Crippen LogP contribution in [0.1, 0.15) is 30.1 Å². The Balaban J connectivity index is 1.91. The van der Waals surface area contributed by atoms with Crippen molar-refractivity contribution in [1.82, 2.24) is 14.9 Å². The van der Waals surface area contributed by atoms with Gasteiger partial charge < -0.3 is 0 Å². The molecule has 1 aliphatic rings. The van der Waals surface area contributed by atoms with Crippen molar-refractivity contribution in [2.75, 3.05) is 0 Å². The second kappa shape index (κ2) is 4.97. The van der Waals surface area contributed by atoms with E-state index in [0.717, 1.165) is 18.7 Å². The van der Waals surface area contributed by atoms with E-state index in [1.54, 1.807) is 23.0 Å². The fourth-order valence-electron chi connectivity index (χ4n) is 1.86. The predicted molar refractivity (Wildman–Crippen MR) is 75.5 cm³/mol. The minimum atomic E-state index is -0.434. The Bertz CT molecular complexity index is 744. The van der Waals surface area contributed by atoms with Gasteiger partial charge in [0.05, 0.1) is 11.1 Å². The van der Waals surface area contributed by atoms with E-state index in [0.29, 0.717) is 16.3 Å². The van der Waals surface area contributed by atoms with E-state index in [4.69, 9.17) is 12.2 Å². The first-order valence-corrected chi connectivity index (χ1v) is 6.52. The van der Waals surface area contributed by atoms with E-state index in [9.17, 15) is 10.1 Å². The fourth-order valence-corrected chi connectivity index (χ4v) is 2.05. The zero-order valence-corrected chi connectivity index (χ0v) is 11.2. The van der Waals surface area contributed by atoms with Gasteiger partial charge in [-0.25, -0.2) is 0 Å². The van der Waals surface area contributed by atoms with Crippen LogP contribution in [0.25, 0.3) is 0 Å². The number of nitro benzene ring substituents is 1. The zero-order chi connectivity index (χ0) is 14.1. The average Bonchev–Trinajstić information content (AvgIpc) is 3.21. The van der Waals surface area contributed by atoms with Crippen molar-refractivity contribution in [3.05, 3.63) is 50.5 Å². The van der Waals surface area contributed by atoms with Crippen LogP contribution in [0.5, 0.6) is 0 Å². The molecule has 1 heterocycles. The van der Waals surface area contributed by atoms with Crippen LogP contribution < -0.4 is 0 Å². The van der Waals surface area contributed by atoms with Crippen LogP contribution in [0.3, 0.4) is 0 Å². The molecule has 0 unspecified atom stereocenters. The van der Waals surface area contributed by atoms with E-state index in [2.05, 4.69) is 15.3 Å². The average molecular weight is 289 g/mol. The maximum absolute atomic E-state index is 10.7. The Morgan fingerprint density at radius 1 is 1.55 bits per heavy atom. The number of H-pyrrole nitrogens is 1. The monoisotopic (exact) mass is 289 g/mol. The third-order valence-corrected chi connectivity index (χ3v) is 3.29. The van der Waals surface area contributed by atoms with Gasteiger partial charge in [-0.05, 0) is 25.1 Å². The van der Waals surface area contributed by atoms with Crippen molar-refractivity contribution in [2.24, 2.45) is 5.10 Å². The molecule has 0 amide bonds. The number of aromatic nitrogens is 3. The maximum atomic E-state index is 10.7. The second-order valence-corrected chi connectivity index (χ2v) is 4.96. The van der Waals surface area contributed by atoms with Gasteiger partial charge in [0.2, 0.25) is 4.77 Å². The van der Waals surface area contributed by atoms with Gasteiger partial charge in [-0.1, -0.05) is 12.1 Å². The Kier molecular flexibility index (Phi) is 3.15. The maximum Gasteiger partial charge on any atom is 0.270 e. The topological polar surface area (TPSA) is 89.1 Å². The Hall–Kier alpha value is -2.35. The van der Waals surface area contributed by atoms with Crippen molar-refractivity contribution in [3.63, 3.8) is 0 Å². The second-order valence-electron chi connectivity index (χ2n) is 4.57. The largest absolute Gasteiger partial charge is 0.270 e. The number of rotatable bonds is 4. The first-order chi connectivity index (χ1) is 9.65. The highest BCUT2D eigenvalue weighted by Crippen LogP contribution is 2.38. The quantitative estimate of drug-likeness (QED) is 0.405. The molecular weight excluding hydrogens is 278 g/mol. The highest BCUT2D eigenvalue weighted by Gasteiger charge is 2.29. The van der Waals surface area contributed by atoms with Gasteiger partial charge in [0.25, 0.3) is 5.69 Å². The van der Waals surface area contributed by atoms with Gasteiger partial charge in [-0.2, -0.15) is 14.9 Å². The summed E-state index contributed by atoms with van der Waals surface area (Å²) in [7, 11) is 0. The predicted octanol–water partition coefficient (Wildman–Crippen LogP) is 2.61. The summed E-state index contributed by atoms with van der Waals surface area (Å²) >= 11 is 5.13. The summed E-state index contributed by atoms with van der Waals surface area (Å²) in [4.78, 5) is 10.3. The van der Waals surface area contributed by atoms with Crippen molar-refractivity contribution < 1.29 is 4.92 Å². The zero-order valence-electron chi connectivity index (χ0n) is 10.4. The molecule has 8 heteroatoms. The highest BCUT2D eigenvalue weighted by molar-refractivity contribution is 7.71. The molecule has 0 radical (unpaired) electrons. The number of aromatic amines is 1. The molecule has 0 atom stereocenters. The summed E-state index contributed by atoms with van der Waals surface area (Å²) in [5, 5.41) is 21.9. The summed E-state index contributed by atoms with van der Waals surface area (Å²) in [6.45, 7) is 0. The molecule has 1 aliphatic carbocycles. The van der Waals surface area contributed by atoms with Crippen LogP contribution in [-0.4, -0.2) is 26.0 Å². The van der Waals surface area contributed by atoms with Crippen molar-refractivity contribution in [1.29, 1.82) is 0 Å². The van der Waals surface area contributed by atoms with Crippen LogP contribution >= 0.6 is 12.2 Å². The highest BCUT2D eigenvalue weighted by atomic mass is 32.1. The van der Waals surface area contributed by atoms with Gasteiger partial charge in [0.15, 0.2) is 5.82 Å². The molecule has 2 aromatic rings. The van der Waals surface area contributed by atoms with E-state index in [1.807, 2.05) is 0 Å². The molecule has 1 aromatic carbocycles.